The van der Waals surface area contributed by atoms with E-state index in [1.807, 2.05) is 0 Å². The van der Waals surface area contributed by atoms with Gasteiger partial charge >= 0.3 is 0 Å². The highest BCUT2D eigenvalue weighted by atomic mass is 16.5. The Bertz CT molecular complexity index is 732. The van der Waals surface area contributed by atoms with Crippen LogP contribution >= 0.6 is 0 Å². The summed E-state index contributed by atoms with van der Waals surface area (Å²) in [7, 11) is 0. The minimum absolute atomic E-state index is 0.144. The molecule has 0 spiro atoms. The molecule has 6 heteroatoms. The number of rotatable bonds is 6. The zero-order chi connectivity index (χ0) is 18.6. The van der Waals surface area contributed by atoms with Crippen LogP contribution in [0.5, 0.6) is 0 Å². The van der Waals surface area contributed by atoms with Crippen LogP contribution in [0.25, 0.3) is 0 Å². The predicted octanol–water partition coefficient (Wildman–Crippen LogP) is 3.03. The number of aromatic nitrogens is 3. The molecule has 6 nitrogen and oxygen atoms in total. The van der Waals surface area contributed by atoms with Crippen LogP contribution < -0.4 is 4.90 Å². The normalized spacial score (nSPS) is 20.4. The van der Waals surface area contributed by atoms with Crippen LogP contribution in [-0.2, 0) is 24.2 Å². The Morgan fingerprint density at radius 3 is 2.59 bits per heavy atom. The molecule has 1 fully saturated rings. The third-order valence-corrected chi connectivity index (χ3v) is 5.84. The van der Waals surface area contributed by atoms with Gasteiger partial charge in [0.25, 0.3) is 0 Å². The third-order valence-electron chi connectivity index (χ3n) is 5.84. The number of nitrogens with zero attached hydrogens (tertiary/aromatic N) is 5. The van der Waals surface area contributed by atoms with Gasteiger partial charge < -0.3 is 14.2 Å². The fraction of sp³-hybridized carbons (Fsp3) is 0.619. The monoisotopic (exact) mass is 369 g/mol. The van der Waals surface area contributed by atoms with Gasteiger partial charge in [0.15, 0.2) is 5.82 Å². The molecule has 1 aromatic carbocycles. The first-order chi connectivity index (χ1) is 13.3. The van der Waals surface area contributed by atoms with E-state index in [1.165, 1.54) is 11.3 Å². The standard InChI is InChI=1S/C21H31N5O/c1-3-25(4-2)18-9-7-17(8-10-18)16-24-12-11-20-22-23-21(26(20)14-13-24)19-6-5-15-27-19/h7-10,19H,3-6,11-16H2,1-2H3. The molecule has 0 amide bonds. The van der Waals surface area contributed by atoms with Crippen LogP contribution in [-0.4, -0.2) is 52.5 Å². The molecule has 0 N–H and O–H groups in total. The zero-order valence-electron chi connectivity index (χ0n) is 16.6. The van der Waals surface area contributed by atoms with Gasteiger partial charge in [-0.15, -0.1) is 10.2 Å². The summed E-state index contributed by atoms with van der Waals surface area (Å²) in [6.07, 6.45) is 3.30. The fourth-order valence-electron chi connectivity index (χ4n) is 4.23. The lowest BCUT2D eigenvalue weighted by Gasteiger charge is -2.23. The van der Waals surface area contributed by atoms with Crippen molar-refractivity contribution in [2.24, 2.45) is 0 Å². The molecular formula is C21H31N5O. The average molecular weight is 370 g/mol. The van der Waals surface area contributed by atoms with Gasteiger partial charge in [0, 0.05) is 58.0 Å². The maximum atomic E-state index is 5.83. The van der Waals surface area contributed by atoms with E-state index in [0.29, 0.717) is 0 Å². The van der Waals surface area contributed by atoms with Gasteiger partial charge in [-0.2, -0.15) is 0 Å². The first-order valence-electron chi connectivity index (χ1n) is 10.4. The van der Waals surface area contributed by atoms with Gasteiger partial charge in [0.1, 0.15) is 11.9 Å². The van der Waals surface area contributed by atoms with Gasteiger partial charge in [0.05, 0.1) is 0 Å². The van der Waals surface area contributed by atoms with Crippen LogP contribution in [0.3, 0.4) is 0 Å². The lowest BCUT2D eigenvalue weighted by Crippen LogP contribution is -2.27. The maximum absolute atomic E-state index is 5.83. The minimum Gasteiger partial charge on any atom is -0.372 e. The highest BCUT2D eigenvalue weighted by Crippen LogP contribution is 2.28. The van der Waals surface area contributed by atoms with Gasteiger partial charge in [-0.05, 0) is 44.4 Å². The van der Waals surface area contributed by atoms with Crippen molar-refractivity contribution in [1.82, 2.24) is 19.7 Å². The lowest BCUT2D eigenvalue weighted by molar-refractivity contribution is 0.101. The molecule has 1 saturated heterocycles. The maximum Gasteiger partial charge on any atom is 0.162 e. The Hall–Kier alpha value is -1.92. The Morgan fingerprint density at radius 2 is 1.89 bits per heavy atom. The molecular weight excluding hydrogens is 338 g/mol. The van der Waals surface area contributed by atoms with Gasteiger partial charge in [-0.1, -0.05) is 12.1 Å². The lowest BCUT2D eigenvalue weighted by atomic mass is 10.1. The number of fused-ring (bicyclic) bond motifs is 1. The minimum atomic E-state index is 0.144. The number of hydrogen-bond donors (Lipinski definition) is 0. The Labute approximate surface area is 162 Å². The highest BCUT2D eigenvalue weighted by molar-refractivity contribution is 5.47. The van der Waals surface area contributed by atoms with Gasteiger partial charge in [-0.25, -0.2) is 0 Å². The van der Waals surface area contributed by atoms with E-state index in [4.69, 9.17) is 4.74 Å². The molecule has 1 unspecified atom stereocenters. The van der Waals surface area contributed by atoms with Crippen LogP contribution in [0, 0.1) is 0 Å². The van der Waals surface area contributed by atoms with Crippen molar-refractivity contribution in [2.45, 2.75) is 52.3 Å². The summed E-state index contributed by atoms with van der Waals surface area (Å²) in [5.41, 5.74) is 2.69. The molecule has 0 aliphatic carbocycles. The molecule has 3 heterocycles. The van der Waals surface area contributed by atoms with Crippen LogP contribution in [0.15, 0.2) is 24.3 Å². The molecule has 4 rings (SSSR count). The predicted molar refractivity (Wildman–Crippen MR) is 107 cm³/mol. The summed E-state index contributed by atoms with van der Waals surface area (Å²) in [5, 5.41) is 8.89. The van der Waals surface area contributed by atoms with Gasteiger partial charge in [-0.3, -0.25) is 4.90 Å². The molecule has 146 valence electrons. The Balaban J connectivity index is 1.39. The van der Waals surface area contributed by atoms with E-state index in [0.717, 1.165) is 76.8 Å². The van der Waals surface area contributed by atoms with Crippen LogP contribution in [0.1, 0.15) is 50.0 Å². The molecule has 1 aromatic heterocycles. The summed E-state index contributed by atoms with van der Waals surface area (Å²) in [6.45, 7) is 11.4. The number of ether oxygens (including phenoxy) is 1. The quantitative estimate of drug-likeness (QED) is 0.783. The van der Waals surface area contributed by atoms with E-state index < -0.39 is 0 Å². The molecule has 2 aliphatic heterocycles. The summed E-state index contributed by atoms with van der Waals surface area (Å²) in [6, 6.07) is 9.06. The van der Waals surface area contributed by atoms with E-state index in [1.54, 1.807) is 0 Å². The summed E-state index contributed by atoms with van der Waals surface area (Å²) >= 11 is 0. The summed E-state index contributed by atoms with van der Waals surface area (Å²) < 4.78 is 8.14. The molecule has 0 radical (unpaired) electrons. The van der Waals surface area contributed by atoms with Crippen molar-refractivity contribution in [3.8, 4) is 0 Å². The second-order valence-electron chi connectivity index (χ2n) is 7.49. The summed E-state index contributed by atoms with van der Waals surface area (Å²) in [4.78, 5) is 4.91. The first kappa shape index (κ1) is 18.4. The second-order valence-corrected chi connectivity index (χ2v) is 7.49. The van der Waals surface area contributed by atoms with Gasteiger partial charge in [0.2, 0.25) is 0 Å². The van der Waals surface area contributed by atoms with E-state index >= 15 is 0 Å². The topological polar surface area (TPSA) is 46.4 Å². The SMILES string of the molecule is CCN(CC)c1ccc(CN2CCc3nnc(C4CCCO4)n3CC2)cc1. The van der Waals surface area contributed by atoms with Crippen molar-refractivity contribution < 1.29 is 4.74 Å². The molecule has 1 atom stereocenters. The second kappa shape index (κ2) is 8.40. The van der Waals surface area contributed by atoms with Crippen molar-refractivity contribution >= 4 is 5.69 Å². The van der Waals surface area contributed by atoms with E-state index in [2.05, 4.69) is 62.7 Å². The molecule has 27 heavy (non-hydrogen) atoms. The molecule has 0 bridgehead atoms. The summed E-state index contributed by atoms with van der Waals surface area (Å²) in [5.74, 6) is 2.15. The zero-order valence-corrected chi connectivity index (χ0v) is 16.6. The highest BCUT2D eigenvalue weighted by Gasteiger charge is 2.26. The average Bonchev–Trinajstić information content (AvgIpc) is 3.32. The van der Waals surface area contributed by atoms with Crippen LogP contribution in [0.2, 0.25) is 0 Å². The number of anilines is 1. The third kappa shape index (κ3) is 4.01. The Morgan fingerprint density at radius 1 is 1.07 bits per heavy atom. The molecule has 2 aliphatic rings. The van der Waals surface area contributed by atoms with Crippen molar-refractivity contribution in [3.05, 3.63) is 41.5 Å². The number of benzene rings is 1. The molecule has 2 aromatic rings. The van der Waals surface area contributed by atoms with Crippen molar-refractivity contribution in [3.63, 3.8) is 0 Å². The molecule has 0 saturated carbocycles. The smallest absolute Gasteiger partial charge is 0.162 e. The first-order valence-corrected chi connectivity index (χ1v) is 10.4. The van der Waals surface area contributed by atoms with Crippen LogP contribution in [0.4, 0.5) is 5.69 Å². The number of hydrogen-bond acceptors (Lipinski definition) is 5. The van der Waals surface area contributed by atoms with E-state index in [9.17, 15) is 0 Å². The van der Waals surface area contributed by atoms with Crippen molar-refractivity contribution in [1.29, 1.82) is 0 Å². The van der Waals surface area contributed by atoms with Crippen molar-refractivity contribution in [2.75, 3.05) is 37.7 Å². The Kier molecular flexibility index (Phi) is 5.74. The fourth-order valence-corrected chi connectivity index (χ4v) is 4.23. The largest absolute Gasteiger partial charge is 0.372 e. The van der Waals surface area contributed by atoms with E-state index in [-0.39, 0.29) is 6.10 Å².